The molecule has 0 radical (unpaired) electrons. The van der Waals surface area contributed by atoms with Crippen molar-refractivity contribution in [3.05, 3.63) is 82.9 Å². The van der Waals surface area contributed by atoms with Gasteiger partial charge < -0.3 is 10.4 Å². The number of carboxylic acids is 1. The van der Waals surface area contributed by atoms with Gasteiger partial charge in [0, 0.05) is 17.7 Å². The molecule has 3 aromatic carbocycles. The fraction of sp³-hybridized carbons (Fsp3) is 0.310. The number of hydrogen-bond donors (Lipinski definition) is 2. The van der Waals surface area contributed by atoms with E-state index in [1.807, 2.05) is 0 Å². The summed E-state index contributed by atoms with van der Waals surface area (Å²) in [5.74, 6) is -3.24. The molecule has 41 heavy (non-hydrogen) atoms. The van der Waals surface area contributed by atoms with Gasteiger partial charge in [-0.2, -0.15) is 13.2 Å². The van der Waals surface area contributed by atoms with Crippen molar-refractivity contribution >= 4 is 22.9 Å². The van der Waals surface area contributed by atoms with Gasteiger partial charge in [-0.05, 0) is 78.6 Å². The number of carbonyl (C=O) groups is 2. The molecule has 2 aliphatic carbocycles. The highest BCUT2D eigenvalue weighted by molar-refractivity contribution is 6.06. The largest absolute Gasteiger partial charge is 0.481 e. The van der Waals surface area contributed by atoms with Crippen LogP contribution in [0.5, 0.6) is 0 Å². The predicted octanol–water partition coefficient (Wildman–Crippen LogP) is 5.82. The Hall–Kier alpha value is -4.35. The minimum Gasteiger partial charge on any atom is -0.481 e. The number of amides is 1. The van der Waals surface area contributed by atoms with Crippen LogP contribution in [0.4, 0.5) is 22.0 Å². The summed E-state index contributed by atoms with van der Waals surface area (Å²) in [6, 6.07) is 10.4. The average molecular weight is 571 g/mol. The van der Waals surface area contributed by atoms with Gasteiger partial charge >= 0.3 is 12.1 Å². The van der Waals surface area contributed by atoms with E-state index >= 15 is 0 Å². The topological polar surface area (TPSA) is 97.1 Å². The van der Waals surface area contributed by atoms with Crippen LogP contribution in [0.3, 0.4) is 0 Å². The van der Waals surface area contributed by atoms with Crippen LogP contribution >= 0.6 is 0 Å². The zero-order valence-corrected chi connectivity index (χ0v) is 21.4. The minimum absolute atomic E-state index is 0.0162. The van der Waals surface area contributed by atoms with Crippen molar-refractivity contribution in [3.63, 3.8) is 0 Å². The van der Waals surface area contributed by atoms with E-state index in [1.165, 1.54) is 35.0 Å². The molecule has 0 aliphatic heterocycles. The lowest BCUT2D eigenvalue weighted by Crippen LogP contribution is -2.57. The van der Waals surface area contributed by atoms with Crippen molar-refractivity contribution in [1.82, 2.24) is 20.3 Å². The number of alkyl halides is 3. The monoisotopic (exact) mass is 570 g/mol. The van der Waals surface area contributed by atoms with Gasteiger partial charge in [0.15, 0.2) is 0 Å². The number of nitrogens with one attached hydrogen (secondary N) is 1. The molecule has 4 aromatic rings. The maximum atomic E-state index is 14.7. The van der Waals surface area contributed by atoms with Gasteiger partial charge in [-0.3, -0.25) is 9.59 Å². The van der Waals surface area contributed by atoms with Gasteiger partial charge in [-0.15, -0.1) is 5.10 Å². The van der Waals surface area contributed by atoms with Crippen molar-refractivity contribution in [1.29, 1.82) is 0 Å². The first-order valence-electron chi connectivity index (χ1n) is 12.9. The third-order valence-corrected chi connectivity index (χ3v) is 8.11. The summed E-state index contributed by atoms with van der Waals surface area (Å²) in [7, 11) is 0. The smallest absolute Gasteiger partial charge is 0.416 e. The molecule has 2 aliphatic rings. The van der Waals surface area contributed by atoms with Gasteiger partial charge in [0.25, 0.3) is 5.91 Å². The number of hydrogen-bond acceptors (Lipinski definition) is 4. The average Bonchev–Trinajstić information content (AvgIpc) is 3.26. The molecule has 2 fully saturated rings. The second kappa shape index (κ2) is 9.64. The zero-order valence-electron chi connectivity index (χ0n) is 21.4. The van der Waals surface area contributed by atoms with Crippen LogP contribution in [-0.4, -0.2) is 38.0 Å². The number of nitrogens with zero attached hydrogens (tertiary/aromatic N) is 3. The molecular formula is C29H23F5N4O3. The highest BCUT2D eigenvalue weighted by Gasteiger charge is 2.55. The second-order valence-corrected chi connectivity index (χ2v) is 11.0. The normalized spacial score (nSPS) is 21.9. The fourth-order valence-corrected chi connectivity index (χ4v) is 6.09. The third kappa shape index (κ3) is 5.02. The first-order valence-corrected chi connectivity index (χ1v) is 12.9. The second-order valence-electron chi connectivity index (χ2n) is 11.0. The molecule has 1 heterocycles. The molecule has 0 unspecified atom stereocenters. The summed E-state index contributed by atoms with van der Waals surface area (Å²) in [5.41, 5.74) is 0.608. The zero-order chi connectivity index (χ0) is 29.1. The van der Waals surface area contributed by atoms with Crippen LogP contribution in [0, 0.1) is 23.0 Å². The van der Waals surface area contributed by atoms with Gasteiger partial charge in [0.1, 0.15) is 22.7 Å². The summed E-state index contributed by atoms with van der Waals surface area (Å²) >= 11 is 0. The summed E-state index contributed by atoms with van der Waals surface area (Å²) in [6.45, 7) is 0.0162. The SMILES string of the molecule is O=C(NC1CC2(C1)CC(C(=O)O)C2)c1cc(-c2ccc(F)cc2F)cc2nnn(Cc3ccc(C(F)(F)F)cc3)c12. The Labute approximate surface area is 230 Å². The molecule has 1 amide bonds. The van der Waals surface area contributed by atoms with E-state index in [1.54, 1.807) is 0 Å². The molecule has 0 atom stereocenters. The third-order valence-electron chi connectivity index (χ3n) is 8.11. The lowest BCUT2D eigenvalue weighted by Gasteiger charge is -2.56. The summed E-state index contributed by atoms with van der Waals surface area (Å²) in [4.78, 5) is 24.8. The van der Waals surface area contributed by atoms with Crippen molar-refractivity contribution in [2.24, 2.45) is 11.3 Å². The molecule has 6 rings (SSSR count). The molecule has 212 valence electrons. The van der Waals surface area contributed by atoms with Gasteiger partial charge in [-0.1, -0.05) is 17.3 Å². The van der Waals surface area contributed by atoms with Crippen molar-refractivity contribution < 1.29 is 36.6 Å². The number of benzene rings is 3. The molecule has 2 N–H and O–H groups in total. The Bertz CT molecular complexity index is 1670. The Morgan fingerprint density at radius 1 is 1.00 bits per heavy atom. The molecule has 0 saturated heterocycles. The number of carboxylic acid groups (broad SMARTS) is 1. The summed E-state index contributed by atoms with van der Waals surface area (Å²) in [5, 5.41) is 20.4. The quantitative estimate of drug-likeness (QED) is 0.285. The van der Waals surface area contributed by atoms with Crippen LogP contribution in [0.25, 0.3) is 22.2 Å². The van der Waals surface area contributed by atoms with Crippen LogP contribution in [0.2, 0.25) is 0 Å². The van der Waals surface area contributed by atoms with Crippen LogP contribution < -0.4 is 5.32 Å². The number of carbonyl (C=O) groups excluding carboxylic acids is 1. The van der Waals surface area contributed by atoms with Crippen LogP contribution in [0.15, 0.2) is 54.6 Å². The van der Waals surface area contributed by atoms with E-state index in [4.69, 9.17) is 0 Å². The standard InChI is InChI=1S/C29H23F5N4O3/c30-19-5-6-21(23(31)9-19)16-7-22(26(39)35-20-12-28(13-20)10-17(11-28)27(40)41)25-24(8-16)36-37-38(25)14-15-1-3-18(4-2-15)29(32,33)34/h1-9,17,20H,10-14H2,(H,35,39)(H,40,41). The summed E-state index contributed by atoms with van der Waals surface area (Å²) < 4.78 is 68.6. The minimum atomic E-state index is -4.48. The number of rotatable bonds is 6. The van der Waals surface area contributed by atoms with Gasteiger partial charge in [-0.25, -0.2) is 13.5 Å². The maximum absolute atomic E-state index is 14.7. The number of aliphatic carboxylic acids is 1. The van der Waals surface area contributed by atoms with Gasteiger partial charge in [0.2, 0.25) is 0 Å². The van der Waals surface area contributed by atoms with Crippen molar-refractivity contribution in [2.75, 3.05) is 0 Å². The van der Waals surface area contributed by atoms with E-state index < -0.39 is 35.3 Å². The molecule has 7 nitrogen and oxygen atoms in total. The van der Waals surface area contributed by atoms with E-state index in [-0.39, 0.29) is 46.1 Å². The molecular weight excluding hydrogens is 547 g/mol. The van der Waals surface area contributed by atoms with Crippen LogP contribution in [-0.2, 0) is 17.5 Å². The number of fused-ring (bicyclic) bond motifs is 1. The predicted molar refractivity (Wildman–Crippen MR) is 137 cm³/mol. The van der Waals surface area contributed by atoms with E-state index in [0.29, 0.717) is 36.8 Å². The molecule has 1 spiro atoms. The number of aromatic nitrogens is 3. The maximum Gasteiger partial charge on any atom is 0.416 e. The van der Waals surface area contributed by atoms with Crippen molar-refractivity contribution in [2.45, 2.75) is 44.4 Å². The first-order chi connectivity index (χ1) is 19.4. The highest BCUT2D eigenvalue weighted by atomic mass is 19.4. The van der Waals surface area contributed by atoms with E-state index in [2.05, 4.69) is 15.6 Å². The van der Waals surface area contributed by atoms with E-state index in [9.17, 15) is 36.6 Å². The Morgan fingerprint density at radius 3 is 2.34 bits per heavy atom. The Morgan fingerprint density at radius 2 is 1.71 bits per heavy atom. The summed E-state index contributed by atoms with van der Waals surface area (Å²) in [6.07, 6.45) is -2.06. The lowest BCUT2D eigenvalue weighted by molar-refractivity contribution is -0.155. The molecule has 2 saturated carbocycles. The highest BCUT2D eigenvalue weighted by Crippen LogP contribution is 2.58. The van der Waals surface area contributed by atoms with Crippen molar-refractivity contribution in [3.8, 4) is 11.1 Å². The van der Waals surface area contributed by atoms with Crippen LogP contribution in [0.1, 0.15) is 47.2 Å². The number of halogens is 5. The molecule has 1 aromatic heterocycles. The van der Waals surface area contributed by atoms with Gasteiger partial charge in [0.05, 0.1) is 23.6 Å². The molecule has 12 heteroatoms. The Balaban J connectivity index is 1.32. The Kier molecular flexibility index (Phi) is 6.31. The fourth-order valence-electron chi connectivity index (χ4n) is 6.09. The first kappa shape index (κ1) is 26.9. The lowest BCUT2D eigenvalue weighted by atomic mass is 9.50. The molecule has 0 bridgehead atoms. The van der Waals surface area contributed by atoms with E-state index in [0.717, 1.165) is 24.3 Å².